The Morgan fingerprint density at radius 2 is 2.37 bits per heavy atom. The van der Waals surface area contributed by atoms with Crippen LogP contribution in [0.1, 0.15) is 31.7 Å². The quantitative estimate of drug-likeness (QED) is 0.859. The molecular formula is C15H21BrFNO. The van der Waals surface area contributed by atoms with Gasteiger partial charge >= 0.3 is 0 Å². The highest BCUT2D eigenvalue weighted by molar-refractivity contribution is 9.10. The number of halogens is 2. The molecular weight excluding hydrogens is 309 g/mol. The highest BCUT2D eigenvalue weighted by Crippen LogP contribution is 2.21. The zero-order valence-electron chi connectivity index (χ0n) is 11.3. The Morgan fingerprint density at radius 3 is 3.00 bits per heavy atom. The summed E-state index contributed by atoms with van der Waals surface area (Å²) in [6, 6.07) is 5.49. The van der Waals surface area contributed by atoms with E-state index in [0.717, 1.165) is 42.5 Å². The highest BCUT2D eigenvalue weighted by Gasteiger charge is 2.26. The Labute approximate surface area is 122 Å². The molecule has 0 bridgehead atoms. The van der Waals surface area contributed by atoms with Gasteiger partial charge < -0.3 is 10.1 Å². The van der Waals surface area contributed by atoms with Crippen molar-refractivity contribution in [2.24, 2.45) is 0 Å². The molecule has 1 N–H and O–H groups in total. The van der Waals surface area contributed by atoms with Gasteiger partial charge in [0.05, 0.1) is 6.10 Å². The fourth-order valence-electron chi connectivity index (χ4n) is 2.51. The van der Waals surface area contributed by atoms with Crippen molar-refractivity contribution in [1.29, 1.82) is 0 Å². The molecule has 0 saturated carbocycles. The second kappa shape index (κ2) is 7.36. The molecule has 2 rings (SSSR count). The average Bonchev–Trinajstić information content (AvgIpc) is 2.90. The van der Waals surface area contributed by atoms with Crippen LogP contribution in [0.25, 0.3) is 0 Å². The first-order chi connectivity index (χ1) is 9.20. The summed E-state index contributed by atoms with van der Waals surface area (Å²) >= 11 is 3.29. The van der Waals surface area contributed by atoms with E-state index < -0.39 is 0 Å². The zero-order chi connectivity index (χ0) is 13.7. The third-order valence-electron chi connectivity index (χ3n) is 3.53. The highest BCUT2D eigenvalue weighted by atomic mass is 79.9. The lowest BCUT2D eigenvalue weighted by molar-refractivity contribution is 0.0781. The lowest BCUT2D eigenvalue weighted by Crippen LogP contribution is -2.41. The normalized spacial score (nSPS) is 20.7. The lowest BCUT2D eigenvalue weighted by Gasteiger charge is -2.24. The van der Waals surface area contributed by atoms with Gasteiger partial charge in [0.15, 0.2) is 0 Å². The third kappa shape index (κ3) is 4.26. The molecule has 19 heavy (non-hydrogen) atoms. The van der Waals surface area contributed by atoms with Gasteiger partial charge in [-0.25, -0.2) is 4.39 Å². The Bertz CT molecular complexity index is 407. The van der Waals surface area contributed by atoms with E-state index in [1.165, 1.54) is 6.07 Å². The monoisotopic (exact) mass is 329 g/mol. The number of hydrogen-bond donors (Lipinski definition) is 1. The molecule has 1 aliphatic rings. The van der Waals surface area contributed by atoms with Crippen LogP contribution in [0.3, 0.4) is 0 Å². The summed E-state index contributed by atoms with van der Waals surface area (Å²) in [4.78, 5) is 0. The predicted molar refractivity (Wildman–Crippen MR) is 78.9 cm³/mol. The fourth-order valence-corrected chi connectivity index (χ4v) is 2.84. The third-order valence-corrected chi connectivity index (χ3v) is 4.02. The maximum Gasteiger partial charge on any atom is 0.127 e. The van der Waals surface area contributed by atoms with Crippen LogP contribution in [0.2, 0.25) is 0 Å². The van der Waals surface area contributed by atoms with Crippen molar-refractivity contribution in [2.45, 2.75) is 44.8 Å². The van der Waals surface area contributed by atoms with Gasteiger partial charge in [-0.3, -0.25) is 0 Å². The fraction of sp³-hybridized carbons (Fsp3) is 0.600. The number of rotatable bonds is 6. The molecule has 0 radical (unpaired) electrons. The Kier molecular flexibility index (Phi) is 5.79. The summed E-state index contributed by atoms with van der Waals surface area (Å²) < 4.78 is 20.5. The van der Waals surface area contributed by atoms with Gasteiger partial charge in [0.2, 0.25) is 0 Å². The zero-order valence-corrected chi connectivity index (χ0v) is 12.9. The molecule has 0 amide bonds. The molecule has 1 aromatic rings. The molecule has 2 atom stereocenters. The molecule has 1 fully saturated rings. The molecule has 1 aromatic carbocycles. The molecule has 0 aliphatic carbocycles. The number of benzene rings is 1. The second-order valence-corrected chi connectivity index (χ2v) is 5.97. The molecule has 0 aromatic heterocycles. The van der Waals surface area contributed by atoms with Gasteiger partial charge in [-0.05, 0) is 49.9 Å². The Balaban J connectivity index is 2.05. The van der Waals surface area contributed by atoms with E-state index in [0.29, 0.717) is 6.42 Å². The van der Waals surface area contributed by atoms with Crippen molar-refractivity contribution in [1.82, 2.24) is 5.32 Å². The maximum atomic E-state index is 13.9. The van der Waals surface area contributed by atoms with Crippen molar-refractivity contribution in [3.05, 3.63) is 34.1 Å². The van der Waals surface area contributed by atoms with Crippen LogP contribution in [0.4, 0.5) is 4.39 Å². The molecule has 4 heteroatoms. The van der Waals surface area contributed by atoms with E-state index in [4.69, 9.17) is 4.74 Å². The van der Waals surface area contributed by atoms with Gasteiger partial charge in [-0.2, -0.15) is 0 Å². The summed E-state index contributed by atoms with van der Waals surface area (Å²) in [5, 5.41) is 3.50. The number of hydrogen-bond acceptors (Lipinski definition) is 2. The van der Waals surface area contributed by atoms with E-state index >= 15 is 0 Å². The minimum atomic E-state index is -0.143. The summed E-state index contributed by atoms with van der Waals surface area (Å²) in [7, 11) is 0. The lowest BCUT2D eigenvalue weighted by atomic mass is 9.99. The summed E-state index contributed by atoms with van der Waals surface area (Å²) in [5.74, 6) is -0.143. The number of nitrogens with one attached hydrogen (secondary N) is 1. The van der Waals surface area contributed by atoms with E-state index in [2.05, 4.69) is 28.2 Å². The van der Waals surface area contributed by atoms with E-state index in [9.17, 15) is 4.39 Å². The minimum absolute atomic E-state index is 0.143. The predicted octanol–water partition coefficient (Wildman–Crippen LogP) is 3.68. The molecule has 106 valence electrons. The molecule has 2 nitrogen and oxygen atoms in total. The summed E-state index contributed by atoms with van der Waals surface area (Å²) in [6.07, 6.45) is 4.15. The van der Waals surface area contributed by atoms with Crippen LogP contribution < -0.4 is 5.32 Å². The SMILES string of the molecule is CCCNC(Cc1ccc(Br)cc1F)C1CCCO1. The standard InChI is InChI=1S/C15H21BrFNO/c1-2-7-18-14(15-4-3-8-19-15)9-11-5-6-12(16)10-13(11)17/h5-6,10,14-15,18H,2-4,7-9H2,1H3. The molecule has 2 unspecified atom stereocenters. The van der Waals surface area contributed by atoms with Crippen LogP contribution in [-0.2, 0) is 11.2 Å². The first kappa shape index (κ1) is 14.9. The molecule has 0 spiro atoms. The molecule has 1 heterocycles. The summed E-state index contributed by atoms with van der Waals surface area (Å²) in [6.45, 7) is 3.92. The molecule has 1 aliphatic heterocycles. The average molecular weight is 330 g/mol. The van der Waals surface area contributed by atoms with Crippen molar-refractivity contribution < 1.29 is 9.13 Å². The smallest absolute Gasteiger partial charge is 0.127 e. The second-order valence-electron chi connectivity index (χ2n) is 5.05. The van der Waals surface area contributed by atoms with E-state index in [1.54, 1.807) is 0 Å². The molecule has 1 saturated heterocycles. The minimum Gasteiger partial charge on any atom is -0.377 e. The van der Waals surface area contributed by atoms with Crippen LogP contribution in [0.5, 0.6) is 0 Å². The van der Waals surface area contributed by atoms with E-state index in [1.807, 2.05) is 12.1 Å². The van der Waals surface area contributed by atoms with Gasteiger partial charge in [-0.1, -0.05) is 28.9 Å². The maximum absolute atomic E-state index is 13.9. The van der Waals surface area contributed by atoms with Gasteiger partial charge in [0.25, 0.3) is 0 Å². The van der Waals surface area contributed by atoms with Gasteiger partial charge in [0, 0.05) is 17.1 Å². The van der Waals surface area contributed by atoms with Crippen molar-refractivity contribution in [3.63, 3.8) is 0 Å². The largest absolute Gasteiger partial charge is 0.377 e. The van der Waals surface area contributed by atoms with Crippen LogP contribution in [0, 0.1) is 5.82 Å². The Hall–Kier alpha value is -0.450. The van der Waals surface area contributed by atoms with Crippen LogP contribution in [-0.4, -0.2) is 25.3 Å². The van der Waals surface area contributed by atoms with Crippen molar-refractivity contribution >= 4 is 15.9 Å². The van der Waals surface area contributed by atoms with E-state index in [-0.39, 0.29) is 18.0 Å². The first-order valence-electron chi connectivity index (χ1n) is 6.99. The van der Waals surface area contributed by atoms with Crippen LogP contribution >= 0.6 is 15.9 Å². The van der Waals surface area contributed by atoms with Gasteiger partial charge in [0.1, 0.15) is 5.82 Å². The van der Waals surface area contributed by atoms with Gasteiger partial charge in [-0.15, -0.1) is 0 Å². The van der Waals surface area contributed by atoms with Crippen LogP contribution in [0.15, 0.2) is 22.7 Å². The van der Waals surface area contributed by atoms with Crippen molar-refractivity contribution in [3.8, 4) is 0 Å². The Morgan fingerprint density at radius 1 is 1.53 bits per heavy atom. The summed E-state index contributed by atoms with van der Waals surface area (Å²) in [5.41, 5.74) is 0.757. The first-order valence-corrected chi connectivity index (χ1v) is 7.79. The topological polar surface area (TPSA) is 21.3 Å². The number of ether oxygens (including phenoxy) is 1. The van der Waals surface area contributed by atoms with Crippen molar-refractivity contribution in [2.75, 3.05) is 13.2 Å².